The summed E-state index contributed by atoms with van der Waals surface area (Å²) >= 11 is 0. The van der Waals surface area contributed by atoms with E-state index in [0.29, 0.717) is 11.3 Å². The molecule has 2 aromatic carbocycles. The van der Waals surface area contributed by atoms with Gasteiger partial charge < -0.3 is 4.74 Å². The molecule has 2 aromatic heterocycles. The fraction of sp³-hybridized carbons (Fsp3) is 0.115. The number of benzene rings is 2. The van der Waals surface area contributed by atoms with Crippen LogP contribution in [0.5, 0.6) is 0 Å². The molecule has 3 heterocycles. The van der Waals surface area contributed by atoms with Gasteiger partial charge in [-0.25, -0.2) is 9.78 Å². The maximum absolute atomic E-state index is 12.9. The molecule has 4 aromatic rings. The molecule has 2 amide bonds. The van der Waals surface area contributed by atoms with Crippen molar-refractivity contribution in [3.8, 4) is 0 Å². The number of hydrogen-bond donors (Lipinski definition) is 0. The normalized spacial score (nSPS) is 12.8. The van der Waals surface area contributed by atoms with Crippen molar-refractivity contribution in [3.05, 3.63) is 117 Å². The zero-order chi connectivity index (χ0) is 23.8. The Morgan fingerprint density at radius 1 is 0.912 bits per heavy atom. The topological polar surface area (TPSA) is 98.0 Å². The second kappa shape index (κ2) is 8.40. The Morgan fingerprint density at radius 3 is 2.47 bits per heavy atom. The van der Waals surface area contributed by atoms with Crippen molar-refractivity contribution in [1.29, 1.82) is 0 Å². The minimum Gasteiger partial charge on any atom is -0.456 e. The highest BCUT2D eigenvalue weighted by atomic mass is 16.5. The van der Waals surface area contributed by atoms with Gasteiger partial charge in [0, 0.05) is 12.3 Å². The molecular formula is C26H19N3O5. The van der Waals surface area contributed by atoms with E-state index in [9.17, 15) is 19.2 Å². The van der Waals surface area contributed by atoms with Gasteiger partial charge in [-0.1, -0.05) is 36.4 Å². The van der Waals surface area contributed by atoms with Crippen molar-refractivity contribution in [2.75, 3.05) is 0 Å². The van der Waals surface area contributed by atoms with Crippen LogP contribution in [0, 0.1) is 6.92 Å². The van der Waals surface area contributed by atoms with Crippen molar-refractivity contribution >= 4 is 23.4 Å². The van der Waals surface area contributed by atoms with Crippen molar-refractivity contribution < 1.29 is 19.1 Å². The van der Waals surface area contributed by atoms with E-state index in [-0.39, 0.29) is 35.4 Å². The van der Waals surface area contributed by atoms with Crippen LogP contribution in [0.15, 0.2) is 77.7 Å². The summed E-state index contributed by atoms with van der Waals surface area (Å²) < 4.78 is 6.75. The van der Waals surface area contributed by atoms with E-state index in [0.717, 1.165) is 16.0 Å². The van der Waals surface area contributed by atoms with Gasteiger partial charge in [0.05, 0.1) is 28.9 Å². The number of hydrogen-bond acceptors (Lipinski definition) is 6. The highest BCUT2D eigenvalue weighted by Crippen LogP contribution is 2.26. The Labute approximate surface area is 194 Å². The second-order valence-electron chi connectivity index (χ2n) is 8.04. The van der Waals surface area contributed by atoms with Crippen molar-refractivity contribution in [2.45, 2.75) is 20.1 Å². The first kappa shape index (κ1) is 21.3. The van der Waals surface area contributed by atoms with Crippen molar-refractivity contribution in [1.82, 2.24) is 14.3 Å². The number of esters is 1. The first-order valence-corrected chi connectivity index (χ1v) is 10.6. The van der Waals surface area contributed by atoms with E-state index in [4.69, 9.17) is 4.74 Å². The van der Waals surface area contributed by atoms with Crippen LogP contribution in [0.2, 0.25) is 0 Å². The van der Waals surface area contributed by atoms with Gasteiger partial charge in [-0.15, -0.1) is 0 Å². The Kier molecular flexibility index (Phi) is 5.25. The number of aryl methyl sites for hydroxylation is 1. The molecule has 0 unspecified atom stereocenters. The number of rotatable bonds is 5. The van der Waals surface area contributed by atoms with E-state index in [1.807, 2.05) is 43.3 Å². The van der Waals surface area contributed by atoms with E-state index in [2.05, 4.69) is 4.98 Å². The van der Waals surface area contributed by atoms with Gasteiger partial charge in [-0.2, -0.15) is 0 Å². The summed E-state index contributed by atoms with van der Waals surface area (Å²) in [5.74, 6) is -1.55. The predicted octanol–water partition coefficient (Wildman–Crippen LogP) is 3.16. The predicted molar refractivity (Wildman–Crippen MR) is 122 cm³/mol. The van der Waals surface area contributed by atoms with Crippen LogP contribution in [-0.2, 0) is 17.9 Å². The standard InChI is InChI=1S/C26H19N3O5/c1-16-7-10-22-27-19(12-23(30)28(22)13-16)15-34-26(33)18-8-9-20-21(11-18)25(32)29(24(20)31)14-17-5-3-2-4-6-17/h2-13H,14-15H2,1H3. The SMILES string of the molecule is Cc1ccc2nc(COC(=O)c3ccc4c(c3)C(=O)N(Cc3ccccc3)C4=O)cc(=O)n2c1. The molecule has 0 radical (unpaired) electrons. The molecule has 8 heteroatoms. The molecular weight excluding hydrogens is 434 g/mol. The second-order valence-corrected chi connectivity index (χ2v) is 8.04. The number of nitrogens with zero attached hydrogens (tertiary/aromatic N) is 3. The monoisotopic (exact) mass is 453 g/mol. The first-order chi connectivity index (χ1) is 16.4. The summed E-state index contributed by atoms with van der Waals surface area (Å²) in [5.41, 5.74) is 2.76. The van der Waals surface area contributed by atoms with E-state index in [1.165, 1.54) is 28.7 Å². The third-order valence-electron chi connectivity index (χ3n) is 5.60. The molecule has 5 rings (SSSR count). The Balaban J connectivity index is 1.32. The van der Waals surface area contributed by atoms with Crippen molar-refractivity contribution in [3.63, 3.8) is 0 Å². The largest absolute Gasteiger partial charge is 0.456 e. The van der Waals surface area contributed by atoms with E-state index >= 15 is 0 Å². The molecule has 0 saturated heterocycles. The maximum atomic E-state index is 12.9. The highest BCUT2D eigenvalue weighted by Gasteiger charge is 2.36. The smallest absolute Gasteiger partial charge is 0.338 e. The third-order valence-corrected chi connectivity index (χ3v) is 5.60. The van der Waals surface area contributed by atoms with Crippen LogP contribution >= 0.6 is 0 Å². The lowest BCUT2D eigenvalue weighted by atomic mass is 10.1. The number of amides is 2. The average Bonchev–Trinajstić information content (AvgIpc) is 3.08. The lowest BCUT2D eigenvalue weighted by molar-refractivity contribution is 0.0467. The summed E-state index contributed by atoms with van der Waals surface area (Å²) in [4.78, 5) is 56.0. The van der Waals surface area contributed by atoms with Crippen LogP contribution in [0.25, 0.3) is 5.65 Å². The summed E-state index contributed by atoms with van der Waals surface area (Å²) in [6, 6.07) is 18.3. The minimum absolute atomic E-state index is 0.134. The van der Waals surface area contributed by atoms with Gasteiger partial charge in [-0.05, 0) is 42.3 Å². The quantitative estimate of drug-likeness (QED) is 0.340. The Hall–Kier alpha value is -4.59. The third kappa shape index (κ3) is 3.86. The Bertz CT molecular complexity index is 1520. The molecule has 0 aliphatic carbocycles. The van der Waals surface area contributed by atoms with Crippen LogP contribution in [0.3, 0.4) is 0 Å². The van der Waals surface area contributed by atoms with Gasteiger partial charge in [0.25, 0.3) is 17.4 Å². The fourth-order valence-electron chi connectivity index (χ4n) is 3.88. The molecule has 1 aliphatic heterocycles. The van der Waals surface area contributed by atoms with Crippen molar-refractivity contribution in [2.24, 2.45) is 0 Å². The van der Waals surface area contributed by atoms with E-state index in [1.54, 1.807) is 12.3 Å². The molecule has 0 atom stereocenters. The Morgan fingerprint density at radius 2 is 1.68 bits per heavy atom. The summed E-state index contributed by atoms with van der Waals surface area (Å²) in [6.07, 6.45) is 1.68. The van der Waals surface area contributed by atoms with Gasteiger partial charge in [-0.3, -0.25) is 23.7 Å². The minimum atomic E-state index is -0.685. The molecule has 1 aliphatic rings. The van der Waals surface area contributed by atoms with Gasteiger partial charge in [0.15, 0.2) is 0 Å². The number of pyridine rings is 1. The molecule has 0 spiro atoms. The zero-order valence-corrected chi connectivity index (χ0v) is 18.2. The summed E-state index contributed by atoms with van der Waals surface area (Å²) in [7, 11) is 0. The maximum Gasteiger partial charge on any atom is 0.338 e. The van der Waals surface area contributed by atoms with Crippen LogP contribution in [0.1, 0.15) is 47.9 Å². The molecule has 0 N–H and O–H groups in total. The fourth-order valence-corrected chi connectivity index (χ4v) is 3.88. The lowest BCUT2D eigenvalue weighted by Gasteiger charge is -2.13. The van der Waals surface area contributed by atoms with Gasteiger partial charge in [0.2, 0.25) is 0 Å². The number of fused-ring (bicyclic) bond motifs is 2. The number of carbonyl (C=O) groups is 3. The highest BCUT2D eigenvalue weighted by molar-refractivity contribution is 6.21. The lowest BCUT2D eigenvalue weighted by Crippen LogP contribution is -2.29. The molecule has 8 nitrogen and oxygen atoms in total. The van der Waals surface area contributed by atoms with Gasteiger partial charge in [0.1, 0.15) is 12.3 Å². The average molecular weight is 453 g/mol. The first-order valence-electron chi connectivity index (χ1n) is 10.6. The van der Waals surface area contributed by atoms with Crippen LogP contribution in [-0.4, -0.2) is 32.1 Å². The molecule has 0 fully saturated rings. The molecule has 34 heavy (non-hydrogen) atoms. The number of ether oxygens (including phenoxy) is 1. The van der Waals surface area contributed by atoms with Crippen LogP contribution in [0.4, 0.5) is 0 Å². The number of carbonyl (C=O) groups excluding carboxylic acids is 3. The summed E-state index contributed by atoms with van der Waals surface area (Å²) in [5, 5.41) is 0. The number of aromatic nitrogens is 2. The molecule has 0 saturated carbocycles. The number of imide groups is 1. The van der Waals surface area contributed by atoms with Gasteiger partial charge >= 0.3 is 5.97 Å². The molecule has 0 bridgehead atoms. The van der Waals surface area contributed by atoms with Crippen LogP contribution < -0.4 is 5.56 Å². The van der Waals surface area contributed by atoms with E-state index < -0.39 is 17.8 Å². The zero-order valence-electron chi connectivity index (χ0n) is 18.2. The summed E-state index contributed by atoms with van der Waals surface area (Å²) in [6.45, 7) is 1.82. The molecule has 168 valence electrons.